The van der Waals surface area contributed by atoms with Gasteiger partial charge in [0.05, 0.1) is 11.5 Å². The lowest BCUT2D eigenvalue weighted by Gasteiger charge is -2.31. The third kappa shape index (κ3) is 3.17. The van der Waals surface area contributed by atoms with E-state index < -0.39 is 15.9 Å². The molecule has 2 atom stereocenters. The van der Waals surface area contributed by atoms with Crippen LogP contribution in [0.4, 0.5) is 0 Å². The smallest absolute Gasteiger partial charge is 0.255 e. The van der Waals surface area contributed by atoms with Crippen LogP contribution in [0.25, 0.3) is 0 Å². The second-order valence-corrected chi connectivity index (χ2v) is 7.27. The Hall–Kier alpha value is -1.44. The number of benzene rings is 1. The van der Waals surface area contributed by atoms with E-state index in [1.807, 2.05) is 30.3 Å². The topological polar surface area (TPSA) is 92.5 Å². The van der Waals surface area contributed by atoms with E-state index in [4.69, 9.17) is 5.84 Å². The lowest BCUT2D eigenvalue weighted by atomic mass is 10.0. The third-order valence-electron chi connectivity index (χ3n) is 3.70. The van der Waals surface area contributed by atoms with Crippen molar-refractivity contribution in [3.63, 3.8) is 0 Å². The van der Waals surface area contributed by atoms with Crippen molar-refractivity contribution >= 4 is 15.7 Å². The van der Waals surface area contributed by atoms with Gasteiger partial charge in [-0.15, -0.1) is 0 Å². The van der Waals surface area contributed by atoms with Crippen molar-refractivity contribution in [2.24, 2.45) is 5.84 Å². The average molecular weight is 297 g/mol. The van der Waals surface area contributed by atoms with Crippen LogP contribution >= 0.6 is 0 Å². The van der Waals surface area contributed by atoms with Gasteiger partial charge in [-0.05, 0) is 19.0 Å². The molecule has 7 heteroatoms. The van der Waals surface area contributed by atoms with Gasteiger partial charge in [-0.3, -0.25) is 15.1 Å². The van der Waals surface area contributed by atoms with Gasteiger partial charge in [-0.25, -0.2) is 14.3 Å². The predicted molar refractivity (Wildman–Crippen MR) is 76.3 cm³/mol. The minimum absolute atomic E-state index is 0.0880. The summed E-state index contributed by atoms with van der Waals surface area (Å²) in [7, 11) is -1.23. The summed E-state index contributed by atoms with van der Waals surface area (Å²) >= 11 is 0. The number of rotatable bonds is 4. The van der Waals surface area contributed by atoms with E-state index >= 15 is 0 Å². The van der Waals surface area contributed by atoms with Gasteiger partial charge in [0, 0.05) is 6.04 Å². The minimum atomic E-state index is -2.99. The largest absolute Gasteiger partial charge is 0.293 e. The molecule has 1 amide bonds. The number of amides is 1. The molecule has 1 heterocycles. The molecule has 3 N–H and O–H groups in total. The zero-order chi connectivity index (χ0) is 14.8. The van der Waals surface area contributed by atoms with Crippen LogP contribution in [0.15, 0.2) is 30.3 Å². The number of nitrogens with zero attached hydrogens (tertiary/aromatic N) is 1. The summed E-state index contributed by atoms with van der Waals surface area (Å²) in [4.78, 5) is 13.8. The number of hydrogen-bond acceptors (Lipinski definition) is 5. The highest BCUT2D eigenvalue weighted by Gasteiger charge is 2.36. The van der Waals surface area contributed by atoms with Crippen LogP contribution in [0, 0.1) is 0 Å². The van der Waals surface area contributed by atoms with Gasteiger partial charge < -0.3 is 0 Å². The summed E-state index contributed by atoms with van der Waals surface area (Å²) in [6.45, 7) is 0. The van der Waals surface area contributed by atoms with Crippen molar-refractivity contribution in [2.75, 3.05) is 18.6 Å². The van der Waals surface area contributed by atoms with Crippen LogP contribution in [-0.4, -0.2) is 43.8 Å². The van der Waals surface area contributed by atoms with Crippen LogP contribution in [0.1, 0.15) is 18.0 Å². The lowest BCUT2D eigenvalue weighted by molar-refractivity contribution is -0.127. The lowest BCUT2D eigenvalue weighted by Crippen LogP contribution is -2.46. The zero-order valence-electron chi connectivity index (χ0n) is 11.3. The van der Waals surface area contributed by atoms with Crippen molar-refractivity contribution < 1.29 is 13.2 Å². The first-order chi connectivity index (χ1) is 9.44. The molecule has 20 heavy (non-hydrogen) atoms. The van der Waals surface area contributed by atoms with Gasteiger partial charge in [0.1, 0.15) is 6.04 Å². The molecule has 2 unspecified atom stereocenters. The first-order valence-corrected chi connectivity index (χ1v) is 8.24. The van der Waals surface area contributed by atoms with Gasteiger partial charge in [-0.2, -0.15) is 0 Å². The molecule has 0 aliphatic carbocycles. The Labute approximate surface area is 118 Å². The summed E-state index contributed by atoms with van der Waals surface area (Å²) in [5.74, 6) is 5.17. The van der Waals surface area contributed by atoms with Crippen molar-refractivity contribution in [3.8, 4) is 0 Å². The number of hydrogen-bond donors (Lipinski definition) is 2. The molecule has 1 aromatic rings. The standard InChI is InChI=1S/C13H19N3O3S/c1-16(11-7-8-20(18,19)9-11)12(13(17)15-14)10-5-3-2-4-6-10/h2-6,11-12H,7-9,14H2,1H3,(H,15,17). The fourth-order valence-corrected chi connectivity index (χ4v) is 4.38. The molecular formula is C13H19N3O3S. The highest BCUT2D eigenvalue weighted by atomic mass is 32.2. The number of hydrazine groups is 1. The van der Waals surface area contributed by atoms with E-state index in [0.717, 1.165) is 5.56 Å². The number of carbonyl (C=O) groups excluding carboxylic acids is 1. The Bertz CT molecular complexity index is 574. The normalized spacial score (nSPS) is 22.6. The van der Waals surface area contributed by atoms with E-state index in [-0.39, 0.29) is 23.5 Å². The summed E-state index contributed by atoms with van der Waals surface area (Å²) in [6.07, 6.45) is 0.542. The molecular weight excluding hydrogens is 278 g/mol. The molecule has 6 nitrogen and oxygen atoms in total. The third-order valence-corrected chi connectivity index (χ3v) is 5.45. The summed E-state index contributed by atoms with van der Waals surface area (Å²) in [6, 6.07) is 8.46. The number of carbonyl (C=O) groups is 1. The van der Waals surface area contributed by atoms with Crippen LogP contribution < -0.4 is 11.3 Å². The minimum Gasteiger partial charge on any atom is -0.293 e. The highest BCUT2D eigenvalue weighted by molar-refractivity contribution is 7.91. The predicted octanol–water partition coefficient (Wildman–Crippen LogP) is -0.163. The average Bonchev–Trinajstić information content (AvgIpc) is 2.80. The molecule has 0 aromatic heterocycles. The summed E-state index contributed by atoms with van der Waals surface area (Å²) in [5.41, 5.74) is 2.95. The Kier molecular flexibility index (Phi) is 4.42. The fourth-order valence-electron chi connectivity index (χ4n) is 2.59. The number of nitrogens with two attached hydrogens (primary N) is 1. The number of nitrogens with one attached hydrogen (secondary N) is 1. The molecule has 0 spiro atoms. The Morgan fingerprint density at radius 1 is 1.40 bits per heavy atom. The molecule has 2 rings (SSSR count). The second kappa shape index (κ2) is 5.90. The van der Waals surface area contributed by atoms with Crippen LogP contribution in [0.3, 0.4) is 0 Å². The molecule has 1 aromatic carbocycles. The Balaban J connectivity index is 2.26. The molecule has 0 saturated carbocycles. The molecule has 0 radical (unpaired) electrons. The number of sulfone groups is 1. The number of likely N-dealkylation sites (N-methyl/N-ethyl adjacent to an activating group) is 1. The van der Waals surface area contributed by atoms with E-state index in [0.29, 0.717) is 6.42 Å². The fraction of sp³-hybridized carbons (Fsp3) is 0.462. The highest BCUT2D eigenvalue weighted by Crippen LogP contribution is 2.26. The monoisotopic (exact) mass is 297 g/mol. The Morgan fingerprint density at radius 3 is 2.55 bits per heavy atom. The Morgan fingerprint density at radius 2 is 2.05 bits per heavy atom. The van der Waals surface area contributed by atoms with Gasteiger partial charge in [0.2, 0.25) is 0 Å². The van der Waals surface area contributed by atoms with Crippen molar-refractivity contribution in [2.45, 2.75) is 18.5 Å². The SMILES string of the molecule is CN(C1CCS(=O)(=O)C1)C(C(=O)NN)c1ccccc1. The van der Waals surface area contributed by atoms with E-state index in [9.17, 15) is 13.2 Å². The van der Waals surface area contributed by atoms with Crippen LogP contribution in [0.5, 0.6) is 0 Å². The molecule has 1 fully saturated rings. The van der Waals surface area contributed by atoms with Crippen LogP contribution in [0.2, 0.25) is 0 Å². The molecule has 0 bridgehead atoms. The van der Waals surface area contributed by atoms with E-state index in [1.165, 1.54) is 0 Å². The van der Waals surface area contributed by atoms with Gasteiger partial charge in [0.25, 0.3) is 5.91 Å². The van der Waals surface area contributed by atoms with Crippen molar-refractivity contribution in [1.82, 2.24) is 10.3 Å². The van der Waals surface area contributed by atoms with E-state index in [2.05, 4.69) is 5.43 Å². The van der Waals surface area contributed by atoms with Crippen molar-refractivity contribution in [3.05, 3.63) is 35.9 Å². The molecule has 110 valence electrons. The first kappa shape index (κ1) is 15.0. The van der Waals surface area contributed by atoms with Gasteiger partial charge in [-0.1, -0.05) is 30.3 Å². The second-order valence-electron chi connectivity index (χ2n) is 5.04. The maximum absolute atomic E-state index is 12.0. The molecule has 1 aliphatic rings. The van der Waals surface area contributed by atoms with E-state index in [1.54, 1.807) is 11.9 Å². The summed E-state index contributed by atoms with van der Waals surface area (Å²) in [5, 5.41) is 0. The quantitative estimate of drug-likeness (QED) is 0.457. The maximum Gasteiger partial charge on any atom is 0.255 e. The first-order valence-electron chi connectivity index (χ1n) is 6.42. The zero-order valence-corrected chi connectivity index (χ0v) is 12.1. The summed E-state index contributed by atoms with van der Waals surface area (Å²) < 4.78 is 23.2. The molecule has 1 saturated heterocycles. The van der Waals surface area contributed by atoms with Crippen LogP contribution in [-0.2, 0) is 14.6 Å². The van der Waals surface area contributed by atoms with Crippen molar-refractivity contribution in [1.29, 1.82) is 0 Å². The maximum atomic E-state index is 12.0. The van der Waals surface area contributed by atoms with Gasteiger partial charge >= 0.3 is 0 Å². The van der Waals surface area contributed by atoms with Gasteiger partial charge in [0.15, 0.2) is 9.84 Å². The molecule has 1 aliphatic heterocycles.